The Morgan fingerprint density at radius 2 is 1.92 bits per heavy atom. The minimum absolute atomic E-state index is 0.111. The molecule has 0 aromatic rings. The zero-order chi connectivity index (χ0) is 9.19. The van der Waals surface area contributed by atoms with E-state index < -0.39 is 0 Å². The minimum Gasteiger partial charge on any atom is -0.393 e. The maximum Gasteiger partial charge on any atom is 0.0574 e. The summed E-state index contributed by atoms with van der Waals surface area (Å²) in [7, 11) is 0. The molecule has 0 aromatic carbocycles. The molecule has 0 saturated heterocycles. The van der Waals surface area contributed by atoms with Crippen molar-refractivity contribution in [3.63, 3.8) is 0 Å². The molecule has 1 rings (SSSR count). The number of hydrogen-bond donors (Lipinski definition) is 2. The van der Waals surface area contributed by atoms with Gasteiger partial charge in [0.15, 0.2) is 0 Å². The lowest BCUT2D eigenvalue weighted by molar-refractivity contribution is 0.00642. The summed E-state index contributed by atoms with van der Waals surface area (Å²) >= 11 is 0. The van der Waals surface area contributed by atoms with E-state index >= 15 is 0 Å². The molecule has 0 bridgehead atoms. The summed E-state index contributed by atoms with van der Waals surface area (Å²) in [6, 6.07) is 0. The summed E-state index contributed by atoms with van der Waals surface area (Å²) in [5.41, 5.74) is 5.80. The van der Waals surface area contributed by atoms with Crippen LogP contribution in [0.25, 0.3) is 0 Å². The second-order valence-electron chi connectivity index (χ2n) is 4.65. The van der Waals surface area contributed by atoms with Crippen LogP contribution in [0, 0.1) is 11.3 Å². The number of rotatable bonds is 2. The van der Waals surface area contributed by atoms with E-state index in [1.165, 1.54) is 12.8 Å². The van der Waals surface area contributed by atoms with E-state index in [9.17, 15) is 5.11 Å². The van der Waals surface area contributed by atoms with Crippen molar-refractivity contribution in [3.8, 4) is 0 Å². The van der Waals surface area contributed by atoms with Crippen molar-refractivity contribution in [2.75, 3.05) is 6.54 Å². The highest BCUT2D eigenvalue weighted by molar-refractivity contribution is 4.86. The fourth-order valence-corrected chi connectivity index (χ4v) is 2.17. The van der Waals surface area contributed by atoms with Crippen LogP contribution in [-0.4, -0.2) is 17.8 Å². The van der Waals surface area contributed by atoms with Crippen molar-refractivity contribution in [1.29, 1.82) is 0 Å². The molecule has 0 radical (unpaired) electrons. The Hall–Kier alpha value is -0.0800. The van der Waals surface area contributed by atoms with E-state index in [0.29, 0.717) is 12.5 Å². The lowest BCUT2D eigenvalue weighted by Gasteiger charge is -2.39. The van der Waals surface area contributed by atoms with Gasteiger partial charge in [-0.15, -0.1) is 0 Å². The van der Waals surface area contributed by atoms with Gasteiger partial charge in [-0.25, -0.2) is 0 Å². The Morgan fingerprint density at radius 3 is 2.42 bits per heavy atom. The fraction of sp³-hybridized carbons (Fsp3) is 1.00. The normalized spacial score (nSPS) is 32.0. The second kappa shape index (κ2) is 3.75. The first kappa shape index (κ1) is 10.0. The first-order chi connectivity index (χ1) is 5.58. The Kier molecular flexibility index (Phi) is 3.13. The van der Waals surface area contributed by atoms with Crippen LogP contribution in [-0.2, 0) is 0 Å². The summed E-state index contributed by atoms with van der Waals surface area (Å²) in [5.74, 6) is 0.413. The van der Waals surface area contributed by atoms with Gasteiger partial charge in [-0.3, -0.25) is 0 Å². The van der Waals surface area contributed by atoms with Gasteiger partial charge >= 0.3 is 0 Å². The number of nitrogens with two attached hydrogens (primary N) is 1. The van der Waals surface area contributed by atoms with Gasteiger partial charge < -0.3 is 10.8 Å². The summed E-state index contributed by atoms with van der Waals surface area (Å²) in [4.78, 5) is 0. The van der Waals surface area contributed by atoms with Crippen LogP contribution >= 0.6 is 0 Å². The van der Waals surface area contributed by atoms with E-state index in [-0.39, 0.29) is 11.5 Å². The molecule has 12 heavy (non-hydrogen) atoms. The van der Waals surface area contributed by atoms with Gasteiger partial charge in [-0.1, -0.05) is 26.7 Å². The maximum absolute atomic E-state index is 9.78. The van der Waals surface area contributed by atoms with Crippen LogP contribution in [0.4, 0.5) is 0 Å². The summed E-state index contributed by atoms with van der Waals surface area (Å²) in [6.45, 7) is 4.99. The van der Waals surface area contributed by atoms with Crippen molar-refractivity contribution < 1.29 is 5.11 Å². The summed E-state index contributed by atoms with van der Waals surface area (Å²) in [5, 5.41) is 9.78. The molecule has 1 aliphatic carbocycles. The predicted octanol–water partition coefficient (Wildman–Crippen LogP) is 1.52. The molecule has 72 valence electrons. The highest BCUT2D eigenvalue weighted by Crippen LogP contribution is 2.37. The molecule has 2 atom stereocenters. The third-order valence-corrected chi connectivity index (χ3v) is 3.26. The molecule has 0 aliphatic heterocycles. The molecule has 1 fully saturated rings. The number of hydrogen-bond acceptors (Lipinski definition) is 2. The molecule has 1 aliphatic rings. The van der Waals surface area contributed by atoms with Crippen molar-refractivity contribution in [2.24, 2.45) is 17.1 Å². The van der Waals surface area contributed by atoms with Crippen molar-refractivity contribution in [3.05, 3.63) is 0 Å². The Morgan fingerprint density at radius 1 is 1.33 bits per heavy atom. The molecule has 3 N–H and O–H groups in total. The lowest BCUT2D eigenvalue weighted by Crippen LogP contribution is -2.41. The third-order valence-electron chi connectivity index (χ3n) is 3.26. The van der Waals surface area contributed by atoms with Gasteiger partial charge in [0.25, 0.3) is 0 Å². The average Bonchev–Trinajstić information content (AvgIpc) is 2.05. The van der Waals surface area contributed by atoms with Crippen LogP contribution in [0.3, 0.4) is 0 Å². The second-order valence-corrected chi connectivity index (χ2v) is 4.65. The Bertz CT molecular complexity index is 145. The van der Waals surface area contributed by atoms with E-state index in [1.807, 2.05) is 0 Å². The van der Waals surface area contributed by atoms with Gasteiger partial charge in [0.05, 0.1) is 6.10 Å². The first-order valence-electron chi connectivity index (χ1n) is 4.96. The van der Waals surface area contributed by atoms with E-state index in [1.54, 1.807) is 0 Å². The number of aliphatic hydroxyl groups is 1. The SMILES string of the molecule is CC(C)(CN)C1CCCCC1O. The van der Waals surface area contributed by atoms with E-state index in [4.69, 9.17) is 5.73 Å². The largest absolute Gasteiger partial charge is 0.393 e. The standard InChI is InChI=1S/C10H21NO/c1-10(2,7-11)8-5-3-4-6-9(8)12/h8-9,12H,3-7,11H2,1-2H3. The monoisotopic (exact) mass is 171 g/mol. The lowest BCUT2D eigenvalue weighted by atomic mass is 9.69. The fourth-order valence-electron chi connectivity index (χ4n) is 2.17. The molecule has 0 aromatic heterocycles. The minimum atomic E-state index is -0.114. The van der Waals surface area contributed by atoms with Gasteiger partial charge in [0.2, 0.25) is 0 Å². The molecular weight excluding hydrogens is 150 g/mol. The van der Waals surface area contributed by atoms with Crippen LogP contribution in [0.15, 0.2) is 0 Å². The molecular formula is C10H21NO. The van der Waals surface area contributed by atoms with Crippen LogP contribution in [0.2, 0.25) is 0 Å². The Balaban J connectivity index is 2.58. The molecule has 1 saturated carbocycles. The molecule has 0 amide bonds. The molecule has 2 nitrogen and oxygen atoms in total. The zero-order valence-electron chi connectivity index (χ0n) is 8.21. The highest BCUT2D eigenvalue weighted by atomic mass is 16.3. The number of aliphatic hydroxyl groups excluding tert-OH is 1. The van der Waals surface area contributed by atoms with Gasteiger partial charge in [0, 0.05) is 0 Å². The van der Waals surface area contributed by atoms with Crippen LogP contribution in [0.1, 0.15) is 39.5 Å². The highest BCUT2D eigenvalue weighted by Gasteiger charge is 2.35. The first-order valence-corrected chi connectivity index (χ1v) is 4.96. The van der Waals surface area contributed by atoms with Crippen LogP contribution < -0.4 is 5.73 Å². The van der Waals surface area contributed by atoms with Crippen LogP contribution in [0.5, 0.6) is 0 Å². The Labute approximate surface area is 75.2 Å². The van der Waals surface area contributed by atoms with E-state index in [2.05, 4.69) is 13.8 Å². The summed E-state index contributed by atoms with van der Waals surface area (Å²) < 4.78 is 0. The predicted molar refractivity (Wildman–Crippen MR) is 50.8 cm³/mol. The average molecular weight is 171 g/mol. The molecule has 0 spiro atoms. The molecule has 0 heterocycles. The van der Waals surface area contributed by atoms with E-state index in [0.717, 1.165) is 12.8 Å². The van der Waals surface area contributed by atoms with Gasteiger partial charge in [0.1, 0.15) is 0 Å². The molecule has 2 heteroatoms. The topological polar surface area (TPSA) is 46.2 Å². The zero-order valence-corrected chi connectivity index (χ0v) is 8.21. The van der Waals surface area contributed by atoms with Gasteiger partial charge in [-0.2, -0.15) is 0 Å². The summed E-state index contributed by atoms with van der Waals surface area (Å²) in [6.07, 6.45) is 4.43. The quantitative estimate of drug-likeness (QED) is 0.661. The maximum atomic E-state index is 9.78. The van der Waals surface area contributed by atoms with Gasteiger partial charge in [-0.05, 0) is 30.7 Å². The molecule has 2 unspecified atom stereocenters. The van der Waals surface area contributed by atoms with Crippen molar-refractivity contribution in [2.45, 2.75) is 45.6 Å². The van der Waals surface area contributed by atoms with Crippen molar-refractivity contribution >= 4 is 0 Å². The smallest absolute Gasteiger partial charge is 0.0574 e. The third kappa shape index (κ3) is 1.99. The van der Waals surface area contributed by atoms with Crippen molar-refractivity contribution in [1.82, 2.24) is 0 Å².